The van der Waals surface area contributed by atoms with Gasteiger partial charge in [0.1, 0.15) is 5.70 Å². The number of carbonyl (C=O) groups is 3. The molecule has 0 radical (unpaired) electrons. The maximum absolute atomic E-state index is 12.3. The number of aliphatic hydroxyl groups excluding tert-OH is 1. The molecule has 0 bridgehead atoms. The number of likely N-dealkylation sites (N-methyl/N-ethyl adjacent to an activating group) is 1. The third kappa shape index (κ3) is 2.91. The predicted molar refractivity (Wildman–Crippen MR) is 96.1 cm³/mol. The Labute approximate surface area is 156 Å². The maximum Gasteiger partial charge on any atom is 0.353 e. The first kappa shape index (κ1) is 19.2. The number of hydrogen-bond acceptors (Lipinski definition) is 6. The molecule has 2 amide bonds. The highest BCUT2D eigenvalue weighted by Crippen LogP contribution is 2.51. The summed E-state index contributed by atoms with van der Waals surface area (Å²) in [5, 5.41) is 22.8. The topological polar surface area (TPSA) is 110 Å². The van der Waals surface area contributed by atoms with Crippen LogP contribution in [0.2, 0.25) is 0 Å². The van der Waals surface area contributed by atoms with Crippen LogP contribution in [0.4, 0.5) is 0 Å². The standard InChI is InChI=1S/C17H25N3O5S/c1-7-12-11(8(2)21)16(23)20(12)13(17(24)25)14(7)26-9-5-10(18-6-9)15(22)19(3)4/h7-12,18,21H,5-6H2,1-4H3,(H,24,25)/t7-,8-,9-,10-,11-,12-/m1/s1. The minimum absolute atomic E-state index is 0.00757. The van der Waals surface area contributed by atoms with Gasteiger partial charge in [-0.2, -0.15) is 0 Å². The van der Waals surface area contributed by atoms with Crippen molar-refractivity contribution in [3.05, 3.63) is 10.6 Å². The average Bonchev–Trinajstić information content (AvgIpc) is 3.09. The number of nitrogens with one attached hydrogen (secondary N) is 1. The Morgan fingerprint density at radius 1 is 1.38 bits per heavy atom. The molecule has 0 aliphatic carbocycles. The van der Waals surface area contributed by atoms with Gasteiger partial charge in [0.15, 0.2) is 0 Å². The van der Waals surface area contributed by atoms with Crippen molar-refractivity contribution in [2.24, 2.45) is 11.8 Å². The van der Waals surface area contributed by atoms with E-state index < -0.39 is 18.0 Å². The molecule has 144 valence electrons. The van der Waals surface area contributed by atoms with Gasteiger partial charge < -0.3 is 25.3 Å². The van der Waals surface area contributed by atoms with Gasteiger partial charge in [-0.25, -0.2) is 4.79 Å². The van der Waals surface area contributed by atoms with E-state index in [4.69, 9.17) is 0 Å². The van der Waals surface area contributed by atoms with Crippen LogP contribution in [0.15, 0.2) is 10.6 Å². The van der Waals surface area contributed by atoms with Crippen LogP contribution >= 0.6 is 11.8 Å². The second-order valence-corrected chi connectivity index (χ2v) is 8.78. The fourth-order valence-corrected chi connectivity index (χ4v) is 5.63. The molecule has 26 heavy (non-hydrogen) atoms. The molecule has 0 aromatic carbocycles. The fourth-order valence-electron chi connectivity index (χ4n) is 4.15. The smallest absolute Gasteiger partial charge is 0.353 e. The number of carbonyl (C=O) groups excluding carboxylic acids is 2. The lowest BCUT2D eigenvalue weighted by Crippen LogP contribution is -2.63. The average molecular weight is 383 g/mol. The zero-order valence-electron chi connectivity index (χ0n) is 15.3. The van der Waals surface area contributed by atoms with Crippen molar-refractivity contribution in [2.75, 3.05) is 20.6 Å². The quantitative estimate of drug-likeness (QED) is 0.559. The highest BCUT2D eigenvalue weighted by molar-refractivity contribution is 8.03. The number of amides is 2. The summed E-state index contributed by atoms with van der Waals surface area (Å²) in [7, 11) is 3.42. The van der Waals surface area contributed by atoms with Crippen LogP contribution < -0.4 is 5.32 Å². The number of hydrogen-bond donors (Lipinski definition) is 3. The van der Waals surface area contributed by atoms with Crippen molar-refractivity contribution in [1.82, 2.24) is 15.1 Å². The van der Waals surface area contributed by atoms with Gasteiger partial charge in [-0.15, -0.1) is 11.8 Å². The largest absolute Gasteiger partial charge is 0.477 e. The Hall–Kier alpha value is -1.58. The molecule has 3 aliphatic heterocycles. The lowest BCUT2D eigenvalue weighted by molar-refractivity contribution is -0.163. The number of carboxylic acids is 1. The number of fused-ring (bicyclic) bond motifs is 1. The molecular weight excluding hydrogens is 358 g/mol. The van der Waals surface area contributed by atoms with Crippen molar-refractivity contribution in [1.29, 1.82) is 0 Å². The van der Waals surface area contributed by atoms with Crippen LogP contribution in [0.1, 0.15) is 20.3 Å². The van der Waals surface area contributed by atoms with Gasteiger partial charge in [0.25, 0.3) is 0 Å². The summed E-state index contributed by atoms with van der Waals surface area (Å²) >= 11 is 1.45. The van der Waals surface area contributed by atoms with Crippen LogP contribution in [0.25, 0.3) is 0 Å². The Bertz CT molecular complexity index is 677. The lowest BCUT2D eigenvalue weighted by atomic mass is 9.79. The molecule has 3 aliphatic rings. The zero-order chi connectivity index (χ0) is 19.3. The van der Waals surface area contributed by atoms with Gasteiger partial charge in [0, 0.05) is 36.7 Å². The summed E-state index contributed by atoms with van der Waals surface area (Å²) in [4.78, 5) is 39.8. The van der Waals surface area contributed by atoms with Gasteiger partial charge in [-0.3, -0.25) is 9.59 Å². The molecule has 3 rings (SSSR count). The van der Waals surface area contributed by atoms with Gasteiger partial charge in [0.05, 0.1) is 24.1 Å². The van der Waals surface area contributed by atoms with E-state index in [-0.39, 0.29) is 40.8 Å². The number of β-lactam (4-membered cyclic amide) rings is 1. The molecule has 2 fully saturated rings. The molecule has 8 nitrogen and oxygen atoms in total. The fraction of sp³-hybridized carbons (Fsp3) is 0.706. The number of aliphatic carboxylic acids is 1. The molecule has 3 N–H and O–H groups in total. The predicted octanol–water partition coefficient (Wildman–Crippen LogP) is -0.308. The van der Waals surface area contributed by atoms with Crippen LogP contribution in [0.3, 0.4) is 0 Å². The van der Waals surface area contributed by atoms with Crippen molar-refractivity contribution < 1.29 is 24.6 Å². The molecule has 3 heterocycles. The number of rotatable bonds is 5. The lowest BCUT2D eigenvalue weighted by Gasteiger charge is -2.46. The van der Waals surface area contributed by atoms with E-state index in [0.717, 1.165) is 0 Å². The minimum atomic E-state index is -1.12. The van der Waals surface area contributed by atoms with Crippen molar-refractivity contribution in [3.8, 4) is 0 Å². The van der Waals surface area contributed by atoms with Gasteiger partial charge in [0.2, 0.25) is 11.8 Å². The first-order valence-electron chi connectivity index (χ1n) is 8.75. The summed E-state index contributed by atoms with van der Waals surface area (Å²) in [6.07, 6.45) is -0.190. The summed E-state index contributed by atoms with van der Waals surface area (Å²) in [6, 6.07) is -0.568. The molecule has 0 spiro atoms. The molecular formula is C17H25N3O5S. The number of carboxylic acid groups (broad SMARTS) is 1. The molecule has 2 saturated heterocycles. The van der Waals surface area contributed by atoms with E-state index in [1.165, 1.54) is 16.7 Å². The van der Waals surface area contributed by atoms with Gasteiger partial charge in [-0.05, 0) is 13.3 Å². The Balaban J connectivity index is 1.78. The van der Waals surface area contributed by atoms with Gasteiger partial charge in [-0.1, -0.05) is 6.92 Å². The molecule has 6 atom stereocenters. The monoisotopic (exact) mass is 383 g/mol. The molecule has 9 heteroatoms. The third-order valence-corrected chi connectivity index (χ3v) is 6.95. The number of thioether (sulfide) groups is 1. The second-order valence-electron chi connectivity index (χ2n) is 7.44. The zero-order valence-corrected chi connectivity index (χ0v) is 16.1. The van der Waals surface area contributed by atoms with Crippen molar-refractivity contribution in [3.63, 3.8) is 0 Å². The molecule has 0 aromatic rings. The first-order valence-corrected chi connectivity index (χ1v) is 9.62. The Kier molecular flexibility index (Phi) is 5.06. The van der Waals surface area contributed by atoms with Crippen LogP contribution in [-0.4, -0.2) is 81.9 Å². The van der Waals surface area contributed by atoms with E-state index in [0.29, 0.717) is 17.9 Å². The third-order valence-electron chi connectivity index (χ3n) is 5.43. The van der Waals surface area contributed by atoms with Crippen LogP contribution in [0, 0.1) is 11.8 Å². The molecule has 0 aromatic heterocycles. The molecule has 0 unspecified atom stereocenters. The summed E-state index contributed by atoms with van der Waals surface area (Å²) in [5.41, 5.74) is 0.0387. The van der Waals surface area contributed by atoms with Crippen LogP contribution in [0.5, 0.6) is 0 Å². The van der Waals surface area contributed by atoms with Gasteiger partial charge >= 0.3 is 5.97 Å². The van der Waals surface area contributed by atoms with Crippen molar-refractivity contribution >= 4 is 29.5 Å². The van der Waals surface area contributed by atoms with E-state index in [9.17, 15) is 24.6 Å². The Morgan fingerprint density at radius 2 is 2.04 bits per heavy atom. The maximum atomic E-state index is 12.3. The van der Waals surface area contributed by atoms with E-state index in [2.05, 4.69) is 5.32 Å². The normalized spacial score (nSPS) is 34.6. The highest BCUT2D eigenvalue weighted by atomic mass is 32.2. The summed E-state index contributed by atoms with van der Waals surface area (Å²) in [5.74, 6) is -2.14. The SMILES string of the molecule is C[C@@H](O)[C@H]1C(=O)N2C(C(=O)O)=C(S[C@H]3CN[C@@H](C(=O)N(C)C)C3)[C@H](C)[C@H]12. The number of nitrogens with zero attached hydrogens (tertiary/aromatic N) is 2. The highest BCUT2D eigenvalue weighted by Gasteiger charge is 2.60. The van der Waals surface area contributed by atoms with E-state index in [1.807, 2.05) is 6.92 Å². The Morgan fingerprint density at radius 3 is 2.58 bits per heavy atom. The minimum Gasteiger partial charge on any atom is -0.477 e. The second kappa shape index (κ2) is 6.86. The van der Waals surface area contributed by atoms with E-state index >= 15 is 0 Å². The van der Waals surface area contributed by atoms with Crippen molar-refractivity contribution in [2.45, 2.75) is 43.7 Å². The summed E-state index contributed by atoms with van der Waals surface area (Å²) in [6.45, 7) is 4.08. The summed E-state index contributed by atoms with van der Waals surface area (Å²) < 4.78 is 0. The number of aliphatic hydroxyl groups is 1. The van der Waals surface area contributed by atoms with Crippen LogP contribution in [-0.2, 0) is 14.4 Å². The van der Waals surface area contributed by atoms with E-state index in [1.54, 1.807) is 25.9 Å². The molecule has 0 saturated carbocycles. The first-order chi connectivity index (χ1) is 12.1.